The molecule has 0 saturated carbocycles. The zero-order valence-corrected chi connectivity index (χ0v) is 15.0. The van der Waals surface area contributed by atoms with E-state index in [1.54, 1.807) is 11.3 Å². The van der Waals surface area contributed by atoms with Crippen LogP contribution in [0.3, 0.4) is 0 Å². The summed E-state index contributed by atoms with van der Waals surface area (Å²) in [6.45, 7) is 6.47. The molecule has 0 N–H and O–H groups in total. The highest BCUT2D eigenvalue weighted by Crippen LogP contribution is 2.35. The van der Waals surface area contributed by atoms with Gasteiger partial charge >= 0.3 is 0 Å². The molecule has 2 aromatic rings. The van der Waals surface area contributed by atoms with Crippen LogP contribution in [0.5, 0.6) is 0 Å². The first-order valence-electron chi connectivity index (χ1n) is 5.39. The minimum atomic E-state index is 0.0970. The predicted molar refractivity (Wildman–Crippen MR) is 86.2 cm³/mol. The van der Waals surface area contributed by atoms with Gasteiger partial charge in [0.2, 0.25) is 5.78 Å². The molecule has 0 spiro atoms. The molecule has 1 nitrogen and oxygen atoms in total. The van der Waals surface area contributed by atoms with Gasteiger partial charge in [0, 0.05) is 9.35 Å². The third-order valence-corrected chi connectivity index (χ3v) is 7.20. The number of carbonyl (C=O) groups is 1. The molecule has 96 valence electrons. The van der Waals surface area contributed by atoms with Gasteiger partial charge in [-0.2, -0.15) is 0 Å². The van der Waals surface area contributed by atoms with Crippen LogP contribution in [-0.4, -0.2) is 5.78 Å². The van der Waals surface area contributed by atoms with E-state index < -0.39 is 0 Å². The smallest absolute Gasteiger partial charge is 0.212 e. The van der Waals surface area contributed by atoms with Crippen LogP contribution in [0.2, 0.25) is 0 Å². The van der Waals surface area contributed by atoms with Gasteiger partial charge in [0.05, 0.1) is 13.5 Å². The first-order chi connectivity index (χ1) is 8.29. The second-order valence-electron chi connectivity index (χ2n) is 4.98. The molecule has 0 atom stereocenters. The van der Waals surface area contributed by atoms with Crippen molar-refractivity contribution in [3.8, 4) is 0 Å². The summed E-state index contributed by atoms with van der Waals surface area (Å²) in [5.41, 5.74) is 0.0970. The molecule has 0 aliphatic rings. The van der Waals surface area contributed by atoms with Crippen LogP contribution in [0.15, 0.2) is 26.5 Å². The molecule has 0 aromatic carbocycles. The van der Waals surface area contributed by atoms with Gasteiger partial charge in [0.1, 0.15) is 0 Å². The Morgan fingerprint density at radius 1 is 1.11 bits per heavy atom. The average Bonchev–Trinajstić information content (AvgIpc) is 2.85. The second kappa shape index (κ2) is 5.19. The van der Waals surface area contributed by atoms with Crippen molar-refractivity contribution < 1.29 is 4.79 Å². The van der Waals surface area contributed by atoms with Crippen molar-refractivity contribution in [2.45, 2.75) is 26.2 Å². The van der Waals surface area contributed by atoms with Gasteiger partial charge in [-0.15, -0.1) is 22.7 Å². The summed E-state index contributed by atoms with van der Waals surface area (Å²) in [4.78, 5) is 15.1. The molecule has 0 bridgehead atoms. The second-order valence-corrected chi connectivity index (χ2v) is 9.28. The summed E-state index contributed by atoms with van der Waals surface area (Å²) >= 11 is 9.87. The van der Waals surface area contributed by atoms with E-state index >= 15 is 0 Å². The minimum absolute atomic E-state index is 0.0970. The normalized spacial score (nSPS) is 11.8. The molecule has 0 aliphatic carbocycles. The SMILES string of the molecule is CC(C)(C)c1ccc(C(=O)c2cc(Br)c(Br)s2)s1. The quantitative estimate of drug-likeness (QED) is 0.569. The molecule has 2 heterocycles. The fraction of sp³-hybridized carbons (Fsp3) is 0.308. The molecule has 0 amide bonds. The van der Waals surface area contributed by atoms with Gasteiger partial charge in [-0.3, -0.25) is 4.79 Å². The maximum absolute atomic E-state index is 12.3. The van der Waals surface area contributed by atoms with Crippen molar-refractivity contribution in [2.24, 2.45) is 0 Å². The van der Waals surface area contributed by atoms with E-state index in [0.29, 0.717) is 0 Å². The molecule has 0 fully saturated rings. The number of hydrogen-bond donors (Lipinski definition) is 0. The fourth-order valence-corrected chi connectivity index (χ4v) is 4.52. The Kier molecular flexibility index (Phi) is 4.17. The predicted octanol–water partition coefficient (Wildman–Crippen LogP) is 5.86. The Balaban J connectivity index is 2.32. The van der Waals surface area contributed by atoms with E-state index in [1.165, 1.54) is 16.2 Å². The maximum Gasteiger partial charge on any atom is 0.212 e. The van der Waals surface area contributed by atoms with Crippen LogP contribution in [0.25, 0.3) is 0 Å². The Morgan fingerprint density at radius 2 is 1.78 bits per heavy atom. The Hall–Kier alpha value is 0.0300. The summed E-state index contributed by atoms with van der Waals surface area (Å²) in [5, 5.41) is 0. The first kappa shape index (κ1) is 14.4. The highest BCUT2D eigenvalue weighted by Gasteiger charge is 2.20. The third-order valence-electron chi connectivity index (χ3n) is 2.44. The molecule has 2 rings (SSSR count). The van der Waals surface area contributed by atoms with Crippen molar-refractivity contribution in [1.82, 2.24) is 0 Å². The van der Waals surface area contributed by atoms with E-state index in [0.717, 1.165) is 18.0 Å². The van der Waals surface area contributed by atoms with E-state index in [4.69, 9.17) is 0 Å². The van der Waals surface area contributed by atoms with Crippen LogP contribution in [0.4, 0.5) is 0 Å². The Bertz CT molecular complexity index is 571. The first-order valence-corrected chi connectivity index (χ1v) is 8.61. The molecular weight excluding hydrogens is 396 g/mol. The van der Waals surface area contributed by atoms with Crippen LogP contribution < -0.4 is 0 Å². The fourth-order valence-electron chi connectivity index (χ4n) is 1.44. The van der Waals surface area contributed by atoms with Crippen molar-refractivity contribution in [3.05, 3.63) is 41.1 Å². The van der Waals surface area contributed by atoms with E-state index in [-0.39, 0.29) is 11.2 Å². The lowest BCUT2D eigenvalue weighted by Gasteiger charge is -2.15. The van der Waals surface area contributed by atoms with Gasteiger partial charge in [-0.1, -0.05) is 20.8 Å². The molecular formula is C13H12Br2OS2. The van der Waals surface area contributed by atoms with Crippen molar-refractivity contribution in [2.75, 3.05) is 0 Å². The molecule has 0 unspecified atom stereocenters. The van der Waals surface area contributed by atoms with E-state index in [9.17, 15) is 4.79 Å². The molecule has 2 aromatic heterocycles. The third kappa shape index (κ3) is 2.95. The van der Waals surface area contributed by atoms with Crippen molar-refractivity contribution in [3.63, 3.8) is 0 Å². The van der Waals surface area contributed by atoms with Crippen molar-refractivity contribution >= 4 is 60.3 Å². The summed E-state index contributed by atoms with van der Waals surface area (Å²) in [6, 6.07) is 5.85. The lowest BCUT2D eigenvalue weighted by Crippen LogP contribution is -2.07. The Morgan fingerprint density at radius 3 is 2.22 bits per heavy atom. The number of rotatable bonds is 2. The average molecular weight is 408 g/mol. The zero-order valence-electron chi connectivity index (χ0n) is 10.2. The molecule has 18 heavy (non-hydrogen) atoms. The van der Waals surface area contributed by atoms with Crippen LogP contribution in [0.1, 0.15) is 40.2 Å². The lowest BCUT2D eigenvalue weighted by molar-refractivity contribution is 0.104. The number of ketones is 1. The number of halogens is 2. The summed E-state index contributed by atoms with van der Waals surface area (Å²) in [5.74, 6) is 0.104. The van der Waals surface area contributed by atoms with Gasteiger partial charge in [0.15, 0.2) is 0 Å². The highest BCUT2D eigenvalue weighted by molar-refractivity contribution is 9.13. The van der Waals surface area contributed by atoms with Crippen LogP contribution in [0, 0.1) is 0 Å². The van der Waals surface area contributed by atoms with Crippen LogP contribution in [-0.2, 0) is 5.41 Å². The minimum Gasteiger partial charge on any atom is -0.287 e. The molecule has 0 aliphatic heterocycles. The number of hydrogen-bond acceptors (Lipinski definition) is 3. The summed E-state index contributed by atoms with van der Waals surface area (Å²) < 4.78 is 1.89. The largest absolute Gasteiger partial charge is 0.287 e. The lowest BCUT2D eigenvalue weighted by atomic mass is 9.95. The monoisotopic (exact) mass is 406 g/mol. The van der Waals surface area contributed by atoms with Gasteiger partial charge in [-0.05, 0) is 55.5 Å². The zero-order chi connectivity index (χ0) is 13.5. The number of carbonyl (C=O) groups excluding carboxylic acids is 1. The molecule has 5 heteroatoms. The van der Waals surface area contributed by atoms with E-state index in [2.05, 4.69) is 58.7 Å². The molecule has 0 radical (unpaired) electrons. The number of thiophene rings is 2. The standard InChI is InChI=1S/C13H12Br2OS2/c1-13(2,3)10-5-4-8(17-10)11(16)9-6-7(14)12(15)18-9/h4-6H,1-3H3. The van der Waals surface area contributed by atoms with E-state index in [1.807, 2.05) is 12.1 Å². The van der Waals surface area contributed by atoms with Gasteiger partial charge in [0.25, 0.3) is 0 Å². The summed E-state index contributed by atoms with van der Waals surface area (Å²) in [7, 11) is 0. The molecule has 0 saturated heterocycles. The van der Waals surface area contributed by atoms with Crippen molar-refractivity contribution in [1.29, 1.82) is 0 Å². The van der Waals surface area contributed by atoms with Gasteiger partial charge < -0.3 is 0 Å². The Labute approximate surface area is 131 Å². The maximum atomic E-state index is 12.3. The van der Waals surface area contributed by atoms with Crippen LogP contribution >= 0.6 is 54.5 Å². The van der Waals surface area contributed by atoms with Gasteiger partial charge in [-0.25, -0.2) is 0 Å². The summed E-state index contributed by atoms with van der Waals surface area (Å²) in [6.07, 6.45) is 0. The highest BCUT2D eigenvalue weighted by atomic mass is 79.9. The topological polar surface area (TPSA) is 17.1 Å².